The minimum absolute atomic E-state index is 0.479. The molecule has 0 heterocycles. The molecule has 0 radical (unpaired) electrons. The fraction of sp³-hybridized carbons (Fsp3) is 0.100. The first-order valence-corrected chi connectivity index (χ1v) is 7.72. The van der Waals surface area contributed by atoms with Gasteiger partial charge < -0.3 is 10.1 Å². The van der Waals surface area contributed by atoms with E-state index in [0.29, 0.717) is 12.3 Å². The molecule has 1 N–H and O–H groups in total. The Balaban J connectivity index is 1.59. The van der Waals surface area contributed by atoms with E-state index >= 15 is 0 Å². The van der Waals surface area contributed by atoms with Gasteiger partial charge in [0.1, 0.15) is 12.4 Å². The lowest BCUT2D eigenvalue weighted by Gasteiger charge is -2.11. The standard InChI is InChI=1S/C20H16F3NO/c21-20(22,23)16-6-8-17(9-7-16)24-18-10-12-19(13-11-18)25-14-15-4-2-1-3-5-15/h1-13,24H,14H2. The van der Waals surface area contributed by atoms with Crippen molar-refractivity contribution in [3.8, 4) is 5.75 Å². The predicted molar refractivity (Wildman–Crippen MR) is 91.9 cm³/mol. The van der Waals surface area contributed by atoms with E-state index in [4.69, 9.17) is 4.74 Å². The van der Waals surface area contributed by atoms with Gasteiger partial charge in [-0.25, -0.2) is 0 Å². The Hall–Kier alpha value is -2.95. The minimum Gasteiger partial charge on any atom is -0.489 e. The van der Waals surface area contributed by atoms with Crippen molar-refractivity contribution in [2.75, 3.05) is 5.32 Å². The van der Waals surface area contributed by atoms with E-state index in [2.05, 4.69) is 5.32 Å². The number of alkyl halides is 3. The summed E-state index contributed by atoms with van der Waals surface area (Å²) in [4.78, 5) is 0. The van der Waals surface area contributed by atoms with E-state index in [0.717, 1.165) is 29.1 Å². The highest BCUT2D eigenvalue weighted by Gasteiger charge is 2.29. The van der Waals surface area contributed by atoms with Gasteiger partial charge in [-0.2, -0.15) is 13.2 Å². The molecule has 0 fully saturated rings. The Morgan fingerprint density at radius 3 is 1.84 bits per heavy atom. The summed E-state index contributed by atoms with van der Waals surface area (Å²) in [7, 11) is 0. The monoisotopic (exact) mass is 343 g/mol. The zero-order valence-electron chi connectivity index (χ0n) is 13.3. The normalized spacial score (nSPS) is 11.2. The molecule has 0 saturated carbocycles. The van der Waals surface area contributed by atoms with Crippen LogP contribution in [-0.2, 0) is 12.8 Å². The van der Waals surface area contributed by atoms with Crippen LogP contribution in [0.3, 0.4) is 0 Å². The zero-order valence-corrected chi connectivity index (χ0v) is 13.3. The number of ether oxygens (including phenoxy) is 1. The second-order valence-corrected chi connectivity index (χ2v) is 5.50. The number of anilines is 2. The molecule has 0 amide bonds. The first-order valence-electron chi connectivity index (χ1n) is 7.72. The van der Waals surface area contributed by atoms with Crippen molar-refractivity contribution >= 4 is 11.4 Å². The van der Waals surface area contributed by atoms with Crippen LogP contribution in [0.5, 0.6) is 5.75 Å². The van der Waals surface area contributed by atoms with Crippen LogP contribution in [0.4, 0.5) is 24.5 Å². The van der Waals surface area contributed by atoms with Gasteiger partial charge in [-0.05, 0) is 54.1 Å². The molecule has 3 aromatic rings. The molecule has 0 saturated heterocycles. The third-order valence-corrected chi connectivity index (χ3v) is 3.60. The van der Waals surface area contributed by atoms with Crippen LogP contribution in [0.1, 0.15) is 11.1 Å². The molecule has 0 aliphatic rings. The molecule has 0 bridgehead atoms. The molecular formula is C20H16F3NO. The van der Waals surface area contributed by atoms with Crippen molar-refractivity contribution in [2.45, 2.75) is 12.8 Å². The van der Waals surface area contributed by atoms with Gasteiger partial charge in [0.05, 0.1) is 5.56 Å². The van der Waals surface area contributed by atoms with Crippen molar-refractivity contribution in [3.63, 3.8) is 0 Å². The van der Waals surface area contributed by atoms with Gasteiger partial charge in [0.2, 0.25) is 0 Å². The van der Waals surface area contributed by atoms with E-state index in [-0.39, 0.29) is 0 Å². The van der Waals surface area contributed by atoms with Crippen LogP contribution in [0.2, 0.25) is 0 Å². The fourth-order valence-electron chi connectivity index (χ4n) is 2.28. The maximum absolute atomic E-state index is 12.6. The third kappa shape index (κ3) is 4.76. The molecule has 3 rings (SSSR count). The van der Waals surface area contributed by atoms with Crippen molar-refractivity contribution in [1.82, 2.24) is 0 Å². The lowest BCUT2D eigenvalue weighted by Crippen LogP contribution is -2.04. The molecule has 3 aromatic carbocycles. The second kappa shape index (κ2) is 7.30. The van der Waals surface area contributed by atoms with E-state index < -0.39 is 11.7 Å². The Kier molecular flexibility index (Phi) is 4.93. The smallest absolute Gasteiger partial charge is 0.416 e. The summed E-state index contributed by atoms with van der Waals surface area (Å²) in [5.74, 6) is 0.724. The van der Waals surface area contributed by atoms with Gasteiger partial charge in [-0.3, -0.25) is 0 Å². The quantitative estimate of drug-likeness (QED) is 0.611. The SMILES string of the molecule is FC(F)(F)c1ccc(Nc2ccc(OCc3ccccc3)cc2)cc1. The van der Waals surface area contributed by atoms with Crippen LogP contribution in [0.15, 0.2) is 78.9 Å². The summed E-state index contributed by atoms with van der Waals surface area (Å²) >= 11 is 0. The number of halogens is 3. The number of benzene rings is 3. The zero-order chi connectivity index (χ0) is 17.7. The summed E-state index contributed by atoms with van der Waals surface area (Å²) in [6, 6.07) is 22.0. The molecule has 0 atom stereocenters. The Morgan fingerprint density at radius 2 is 1.28 bits per heavy atom. The maximum atomic E-state index is 12.6. The van der Waals surface area contributed by atoms with Gasteiger partial charge in [0.15, 0.2) is 0 Å². The highest BCUT2D eigenvalue weighted by Crippen LogP contribution is 2.30. The Bertz CT molecular complexity index is 797. The molecule has 25 heavy (non-hydrogen) atoms. The number of hydrogen-bond acceptors (Lipinski definition) is 2. The highest BCUT2D eigenvalue weighted by molar-refractivity contribution is 5.60. The molecule has 0 aliphatic carbocycles. The summed E-state index contributed by atoms with van der Waals surface area (Å²) in [6.45, 7) is 0.479. The molecule has 5 heteroatoms. The first kappa shape index (κ1) is 16.9. The van der Waals surface area contributed by atoms with Gasteiger partial charge in [0.25, 0.3) is 0 Å². The van der Waals surface area contributed by atoms with Gasteiger partial charge >= 0.3 is 6.18 Å². The van der Waals surface area contributed by atoms with Crippen molar-refractivity contribution in [2.24, 2.45) is 0 Å². The largest absolute Gasteiger partial charge is 0.489 e. The molecule has 0 aliphatic heterocycles. The lowest BCUT2D eigenvalue weighted by molar-refractivity contribution is -0.137. The minimum atomic E-state index is -4.32. The Labute approximate surface area is 143 Å². The molecule has 0 aromatic heterocycles. The average molecular weight is 343 g/mol. The summed E-state index contributed by atoms with van der Waals surface area (Å²) in [5, 5.41) is 3.06. The van der Waals surface area contributed by atoms with E-state index in [9.17, 15) is 13.2 Å². The lowest BCUT2D eigenvalue weighted by atomic mass is 10.2. The second-order valence-electron chi connectivity index (χ2n) is 5.50. The highest BCUT2D eigenvalue weighted by atomic mass is 19.4. The fourth-order valence-corrected chi connectivity index (χ4v) is 2.28. The van der Waals surface area contributed by atoms with Crippen LogP contribution >= 0.6 is 0 Å². The van der Waals surface area contributed by atoms with E-state index in [1.54, 1.807) is 0 Å². The van der Waals surface area contributed by atoms with Gasteiger partial charge in [-0.15, -0.1) is 0 Å². The number of rotatable bonds is 5. The number of hydrogen-bond donors (Lipinski definition) is 1. The van der Waals surface area contributed by atoms with Crippen LogP contribution < -0.4 is 10.1 Å². The topological polar surface area (TPSA) is 21.3 Å². The molecule has 128 valence electrons. The summed E-state index contributed by atoms with van der Waals surface area (Å²) in [5.41, 5.74) is 1.77. The van der Waals surface area contributed by atoms with Gasteiger partial charge in [0, 0.05) is 11.4 Å². The molecule has 0 spiro atoms. The Morgan fingerprint density at radius 1 is 0.720 bits per heavy atom. The number of nitrogens with one attached hydrogen (secondary N) is 1. The van der Waals surface area contributed by atoms with E-state index in [1.165, 1.54) is 12.1 Å². The van der Waals surface area contributed by atoms with Crippen molar-refractivity contribution in [3.05, 3.63) is 90.0 Å². The maximum Gasteiger partial charge on any atom is 0.416 e. The predicted octanol–water partition coefficient (Wildman–Crippen LogP) is 6.03. The van der Waals surface area contributed by atoms with Crippen LogP contribution in [0.25, 0.3) is 0 Å². The summed E-state index contributed by atoms with van der Waals surface area (Å²) in [6.07, 6.45) is -4.32. The van der Waals surface area contributed by atoms with Crippen LogP contribution in [-0.4, -0.2) is 0 Å². The van der Waals surface area contributed by atoms with Gasteiger partial charge in [-0.1, -0.05) is 30.3 Å². The van der Waals surface area contributed by atoms with E-state index in [1.807, 2.05) is 54.6 Å². The summed E-state index contributed by atoms with van der Waals surface area (Å²) < 4.78 is 43.4. The van der Waals surface area contributed by atoms with Crippen molar-refractivity contribution in [1.29, 1.82) is 0 Å². The first-order chi connectivity index (χ1) is 12.0. The third-order valence-electron chi connectivity index (χ3n) is 3.60. The molecule has 0 unspecified atom stereocenters. The molecular weight excluding hydrogens is 327 g/mol. The average Bonchev–Trinajstić information content (AvgIpc) is 2.62. The van der Waals surface area contributed by atoms with Crippen LogP contribution in [0, 0.1) is 0 Å². The molecule has 2 nitrogen and oxygen atoms in total. The van der Waals surface area contributed by atoms with Crippen molar-refractivity contribution < 1.29 is 17.9 Å².